The number of rotatable bonds is 4. The third kappa shape index (κ3) is 4.48. The molecule has 2 aromatic rings. The maximum absolute atomic E-state index is 14.9. The summed E-state index contributed by atoms with van der Waals surface area (Å²) in [6, 6.07) is 7.58. The van der Waals surface area contributed by atoms with Gasteiger partial charge in [-0.3, -0.25) is 4.79 Å². The largest absolute Gasteiger partial charge is 0.488 e. The van der Waals surface area contributed by atoms with Crippen molar-refractivity contribution in [1.29, 1.82) is 10.5 Å². The number of carbonyl (C=O) groups is 1. The van der Waals surface area contributed by atoms with Gasteiger partial charge in [0, 0.05) is 42.5 Å². The van der Waals surface area contributed by atoms with Crippen LogP contribution in [0, 0.1) is 28.5 Å². The van der Waals surface area contributed by atoms with Crippen LogP contribution in [0.5, 0.6) is 5.75 Å². The Morgan fingerprint density at radius 2 is 2.23 bits per heavy atom. The summed E-state index contributed by atoms with van der Waals surface area (Å²) in [5, 5.41) is 24.2. The van der Waals surface area contributed by atoms with E-state index in [1.165, 1.54) is 12.3 Å². The number of carbonyl (C=O) groups excluding carboxylic acids is 1. The second-order valence-corrected chi connectivity index (χ2v) is 7.38. The van der Waals surface area contributed by atoms with Crippen LogP contribution in [-0.4, -0.2) is 42.7 Å². The molecule has 0 bridgehead atoms. The number of pyridine rings is 1. The maximum Gasteiger partial charge on any atom is 0.251 e. The number of fused-ring (bicyclic) bond motifs is 3. The molecule has 0 radical (unpaired) electrons. The van der Waals surface area contributed by atoms with Gasteiger partial charge in [0.2, 0.25) is 0 Å². The normalized spacial score (nSPS) is 18.2. The van der Waals surface area contributed by atoms with Gasteiger partial charge in [-0.2, -0.15) is 10.5 Å². The molecule has 9 heteroatoms. The van der Waals surface area contributed by atoms with Gasteiger partial charge in [-0.1, -0.05) is 0 Å². The second kappa shape index (κ2) is 9.09. The van der Waals surface area contributed by atoms with E-state index in [2.05, 4.69) is 15.6 Å². The van der Waals surface area contributed by atoms with Gasteiger partial charge in [0.05, 0.1) is 6.07 Å². The highest BCUT2D eigenvalue weighted by molar-refractivity contribution is 5.81. The van der Waals surface area contributed by atoms with Crippen molar-refractivity contribution in [2.45, 2.75) is 31.6 Å². The molecule has 3 heterocycles. The number of amides is 1. The van der Waals surface area contributed by atoms with Crippen molar-refractivity contribution in [2.24, 2.45) is 0 Å². The van der Waals surface area contributed by atoms with Crippen LogP contribution >= 0.6 is 0 Å². The van der Waals surface area contributed by atoms with Gasteiger partial charge >= 0.3 is 0 Å². The lowest BCUT2D eigenvalue weighted by Crippen LogP contribution is -2.46. The molecule has 2 N–H and O–H groups in total. The van der Waals surface area contributed by atoms with Crippen LogP contribution in [0.4, 0.5) is 4.39 Å². The van der Waals surface area contributed by atoms with Crippen LogP contribution in [0.2, 0.25) is 0 Å². The van der Waals surface area contributed by atoms with Gasteiger partial charge in [-0.15, -0.1) is 0 Å². The van der Waals surface area contributed by atoms with Gasteiger partial charge in [0.1, 0.15) is 42.1 Å². The Morgan fingerprint density at radius 3 is 3.03 bits per heavy atom. The lowest BCUT2D eigenvalue weighted by atomic mass is 9.95. The van der Waals surface area contributed by atoms with Crippen molar-refractivity contribution < 1.29 is 18.7 Å². The fourth-order valence-electron chi connectivity index (χ4n) is 3.65. The first-order chi connectivity index (χ1) is 15.1. The number of nitrogens with zero attached hydrogens (tertiary/aromatic N) is 3. The van der Waals surface area contributed by atoms with Crippen molar-refractivity contribution in [3.05, 3.63) is 47.0 Å². The van der Waals surface area contributed by atoms with E-state index in [4.69, 9.17) is 14.7 Å². The van der Waals surface area contributed by atoms with Gasteiger partial charge < -0.3 is 20.1 Å². The fraction of sp³-hybridized carbons (Fsp3) is 0.364. The Hall–Kier alpha value is -3.53. The van der Waals surface area contributed by atoms with Gasteiger partial charge in [0.15, 0.2) is 0 Å². The first-order valence-corrected chi connectivity index (χ1v) is 9.96. The number of nitrogens with one attached hydrogen (secondary N) is 2. The van der Waals surface area contributed by atoms with Crippen LogP contribution in [0.3, 0.4) is 0 Å². The number of halogens is 1. The first-order valence-electron chi connectivity index (χ1n) is 9.96. The molecule has 4 rings (SSSR count). The molecule has 1 fully saturated rings. The number of hydrogen-bond acceptors (Lipinski definition) is 7. The highest BCUT2D eigenvalue weighted by Crippen LogP contribution is 2.39. The SMILES string of the molecule is N#Cc1cc2c(cn1)-c1cc(F)c(C[C@@H](C#N)NC(=O)[C@@H]3CNCCCO3)cc1OC2. The molecule has 1 aromatic carbocycles. The van der Waals surface area contributed by atoms with Crippen LogP contribution in [0.1, 0.15) is 23.2 Å². The fourth-order valence-corrected chi connectivity index (χ4v) is 3.65. The minimum absolute atomic E-state index is 0.0106. The van der Waals surface area contributed by atoms with Crippen molar-refractivity contribution >= 4 is 5.91 Å². The quantitative estimate of drug-likeness (QED) is 0.769. The highest BCUT2D eigenvalue weighted by Gasteiger charge is 2.26. The predicted octanol–water partition coefficient (Wildman–Crippen LogP) is 1.58. The Balaban J connectivity index is 1.52. The number of aromatic nitrogens is 1. The predicted molar refractivity (Wildman–Crippen MR) is 107 cm³/mol. The molecule has 0 unspecified atom stereocenters. The van der Waals surface area contributed by atoms with Crippen LogP contribution in [-0.2, 0) is 22.6 Å². The van der Waals surface area contributed by atoms with Gasteiger partial charge in [-0.25, -0.2) is 9.37 Å². The number of nitriles is 2. The number of hydrogen-bond donors (Lipinski definition) is 2. The van der Waals surface area contributed by atoms with Crippen molar-refractivity contribution in [3.8, 4) is 29.0 Å². The van der Waals surface area contributed by atoms with E-state index < -0.39 is 23.9 Å². The molecule has 8 nitrogen and oxygen atoms in total. The average molecular weight is 421 g/mol. The van der Waals surface area contributed by atoms with E-state index in [0.29, 0.717) is 30.0 Å². The summed E-state index contributed by atoms with van der Waals surface area (Å²) < 4.78 is 26.1. The molecule has 2 aliphatic heterocycles. The molecule has 1 amide bonds. The number of benzene rings is 1. The van der Waals surface area contributed by atoms with E-state index in [1.807, 2.05) is 12.1 Å². The molecular formula is C22H20FN5O3. The van der Waals surface area contributed by atoms with Crippen LogP contribution in [0.15, 0.2) is 24.4 Å². The molecule has 0 aliphatic carbocycles. The van der Waals surface area contributed by atoms with Gasteiger partial charge in [0.25, 0.3) is 5.91 Å². The zero-order valence-corrected chi connectivity index (χ0v) is 16.7. The summed E-state index contributed by atoms with van der Waals surface area (Å²) in [6.45, 7) is 1.83. The zero-order valence-electron chi connectivity index (χ0n) is 16.7. The average Bonchev–Trinajstić information content (AvgIpc) is 3.08. The Kier molecular flexibility index (Phi) is 6.08. The molecule has 0 saturated carbocycles. The standard InChI is InChI=1S/C22H20FN5O3/c23-19-7-17-18-10-27-15(8-24)5-14(18)12-31-20(17)6-13(19)4-16(9-25)28-22(29)21-11-26-2-1-3-30-21/h5-7,10,16,21,26H,1-4,11-12H2,(H,28,29)/t16-,21-/m0/s1. The maximum atomic E-state index is 14.9. The summed E-state index contributed by atoms with van der Waals surface area (Å²) in [5.74, 6) is -0.444. The van der Waals surface area contributed by atoms with E-state index in [-0.39, 0.29) is 24.3 Å². The minimum atomic E-state index is -0.914. The minimum Gasteiger partial charge on any atom is -0.488 e. The smallest absolute Gasteiger partial charge is 0.251 e. The lowest BCUT2D eigenvalue weighted by Gasteiger charge is -2.22. The first kappa shape index (κ1) is 20.7. The van der Waals surface area contributed by atoms with E-state index in [9.17, 15) is 14.4 Å². The second-order valence-electron chi connectivity index (χ2n) is 7.38. The van der Waals surface area contributed by atoms with E-state index >= 15 is 0 Å². The summed E-state index contributed by atoms with van der Waals surface area (Å²) in [6.07, 6.45) is 1.65. The lowest BCUT2D eigenvalue weighted by molar-refractivity contribution is -0.132. The Bertz CT molecular complexity index is 1080. The molecule has 2 atom stereocenters. The molecule has 2 aliphatic rings. The van der Waals surface area contributed by atoms with E-state index in [1.54, 1.807) is 12.1 Å². The van der Waals surface area contributed by atoms with Crippen molar-refractivity contribution in [2.75, 3.05) is 19.7 Å². The molecule has 0 spiro atoms. The monoisotopic (exact) mass is 421 g/mol. The Labute approximate surface area is 178 Å². The van der Waals surface area contributed by atoms with E-state index in [0.717, 1.165) is 18.5 Å². The summed E-state index contributed by atoms with van der Waals surface area (Å²) in [5.41, 5.74) is 2.52. The molecule has 1 aromatic heterocycles. The third-order valence-electron chi connectivity index (χ3n) is 5.26. The summed E-state index contributed by atoms with van der Waals surface area (Å²) >= 11 is 0. The topological polar surface area (TPSA) is 120 Å². The van der Waals surface area contributed by atoms with Crippen molar-refractivity contribution in [3.63, 3.8) is 0 Å². The molecule has 1 saturated heterocycles. The summed E-state index contributed by atoms with van der Waals surface area (Å²) in [7, 11) is 0. The summed E-state index contributed by atoms with van der Waals surface area (Å²) in [4.78, 5) is 16.5. The highest BCUT2D eigenvalue weighted by atomic mass is 19.1. The zero-order chi connectivity index (χ0) is 21.8. The number of ether oxygens (including phenoxy) is 2. The molecule has 31 heavy (non-hydrogen) atoms. The molecular weight excluding hydrogens is 401 g/mol. The van der Waals surface area contributed by atoms with Crippen molar-refractivity contribution in [1.82, 2.24) is 15.6 Å². The van der Waals surface area contributed by atoms with Gasteiger partial charge in [-0.05, 0) is 36.7 Å². The Morgan fingerprint density at radius 1 is 1.35 bits per heavy atom. The van der Waals surface area contributed by atoms with Crippen LogP contribution < -0.4 is 15.4 Å². The van der Waals surface area contributed by atoms with Crippen LogP contribution in [0.25, 0.3) is 11.1 Å². The molecule has 158 valence electrons. The third-order valence-corrected chi connectivity index (χ3v) is 5.26.